The minimum absolute atomic E-state index is 0.0951. The van der Waals surface area contributed by atoms with Gasteiger partial charge in [-0.05, 0) is 43.3 Å². The van der Waals surface area contributed by atoms with Crippen molar-refractivity contribution in [2.75, 3.05) is 12.4 Å². The number of quaternary nitrogens is 1. The summed E-state index contributed by atoms with van der Waals surface area (Å²) in [6.45, 7) is 2.47. The van der Waals surface area contributed by atoms with E-state index in [4.69, 9.17) is 28.5 Å². The Kier molecular flexibility index (Phi) is 6.22. The maximum atomic E-state index is 12.4. The zero-order valence-corrected chi connectivity index (χ0v) is 14.9. The van der Waals surface area contributed by atoms with Crippen LogP contribution in [-0.2, 0) is 11.3 Å². The smallest absolute Gasteiger partial charge is 0.282 e. The largest absolute Gasteiger partial charge is 0.324 e. The standard InChI is InChI=1S/C18H17Cl2N3O/c1-12(18(24)22-16-7-3-13(10-21)4-8-16)23(2)11-14-5-6-15(19)9-17(14)20/h3-9,12H,11H2,1-2H3,(H,22,24)/p+1/t12-/m1/s1. The quantitative estimate of drug-likeness (QED) is 0.858. The lowest BCUT2D eigenvalue weighted by molar-refractivity contribution is -0.907. The van der Waals surface area contributed by atoms with E-state index in [0.29, 0.717) is 27.8 Å². The number of carbonyl (C=O) groups excluding carboxylic acids is 1. The number of hydrogen-bond acceptors (Lipinski definition) is 2. The van der Waals surface area contributed by atoms with E-state index < -0.39 is 0 Å². The third-order valence-electron chi connectivity index (χ3n) is 3.90. The van der Waals surface area contributed by atoms with E-state index in [1.54, 1.807) is 36.4 Å². The molecule has 2 atom stereocenters. The van der Waals surface area contributed by atoms with Crippen LogP contribution < -0.4 is 10.2 Å². The number of benzene rings is 2. The zero-order valence-electron chi connectivity index (χ0n) is 13.4. The van der Waals surface area contributed by atoms with Crippen LogP contribution in [0.1, 0.15) is 18.1 Å². The molecular formula is C18H18Cl2N3O+. The van der Waals surface area contributed by atoms with Gasteiger partial charge < -0.3 is 10.2 Å². The molecule has 0 aliphatic rings. The monoisotopic (exact) mass is 362 g/mol. The van der Waals surface area contributed by atoms with Crippen LogP contribution in [0.3, 0.4) is 0 Å². The van der Waals surface area contributed by atoms with E-state index in [2.05, 4.69) is 5.32 Å². The Morgan fingerprint density at radius 3 is 2.50 bits per heavy atom. The van der Waals surface area contributed by atoms with Crippen molar-refractivity contribution in [3.8, 4) is 6.07 Å². The van der Waals surface area contributed by atoms with Gasteiger partial charge in [0.2, 0.25) is 0 Å². The van der Waals surface area contributed by atoms with Gasteiger partial charge in [-0.15, -0.1) is 0 Å². The second-order valence-electron chi connectivity index (χ2n) is 5.66. The third-order valence-corrected chi connectivity index (χ3v) is 4.49. The molecule has 0 heterocycles. The van der Waals surface area contributed by atoms with Gasteiger partial charge in [0.15, 0.2) is 6.04 Å². The Morgan fingerprint density at radius 1 is 1.25 bits per heavy atom. The van der Waals surface area contributed by atoms with E-state index in [0.717, 1.165) is 10.5 Å². The molecule has 6 heteroatoms. The molecule has 24 heavy (non-hydrogen) atoms. The molecule has 0 saturated carbocycles. The van der Waals surface area contributed by atoms with Crippen molar-refractivity contribution < 1.29 is 9.69 Å². The molecule has 0 saturated heterocycles. The van der Waals surface area contributed by atoms with Crippen LogP contribution in [0.15, 0.2) is 42.5 Å². The number of likely N-dealkylation sites (N-methyl/N-ethyl adjacent to an activating group) is 1. The fourth-order valence-corrected chi connectivity index (χ4v) is 2.70. The molecule has 2 rings (SSSR count). The Morgan fingerprint density at radius 2 is 1.92 bits per heavy atom. The van der Waals surface area contributed by atoms with Gasteiger partial charge in [-0.25, -0.2) is 0 Å². The number of halogens is 2. The molecule has 2 aromatic carbocycles. The molecule has 124 valence electrons. The molecule has 0 bridgehead atoms. The number of carbonyl (C=O) groups is 1. The van der Waals surface area contributed by atoms with Crippen molar-refractivity contribution in [2.45, 2.75) is 19.5 Å². The normalized spacial score (nSPS) is 13.0. The topological polar surface area (TPSA) is 57.3 Å². The van der Waals surface area contributed by atoms with Crippen LogP contribution >= 0.6 is 23.2 Å². The van der Waals surface area contributed by atoms with Crippen molar-refractivity contribution in [1.29, 1.82) is 5.26 Å². The second kappa shape index (κ2) is 8.16. The van der Waals surface area contributed by atoms with Crippen molar-refractivity contribution >= 4 is 34.8 Å². The summed E-state index contributed by atoms with van der Waals surface area (Å²) in [6, 6.07) is 13.9. The molecule has 1 amide bonds. The second-order valence-corrected chi connectivity index (χ2v) is 6.50. The highest BCUT2D eigenvalue weighted by molar-refractivity contribution is 6.35. The summed E-state index contributed by atoms with van der Waals surface area (Å²) in [4.78, 5) is 13.4. The number of nitriles is 1. The molecule has 2 N–H and O–H groups in total. The van der Waals surface area contributed by atoms with Crippen LogP contribution in [0, 0.1) is 11.3 Å². The molecule has 0 aliphatic heterocycles. The van der Waals surface area contributed by atoms with Gasteiger partial charge in [-0.3, -0.25) is 4.79 Å². The first-order valence-electron chi connectivity index (χ1n) is 7.48. The summed E-state index contributed by atoms with van der Waals surface area (Å²) in [6.07, 6.45) is 0. The van der Waals surface area contributed by atoms with E-state index in [-0.39, 0.29) is 11.9 Å². The molecule has 0 spiro atoms. The van der Waals surface area contributed by atoms with Gasteiger partial charge in [0.05, 0.1) is 23.7 Å². The van der Waals surface area contributed by atoms with Gasteiger partial charge in [-0.2, -0.15) is 5.26 Å². The summed E-state index contributed by atoms with van der Waals surface area (Å²) < 4.78 is 0. The predicted octanol–water partition coefficient (Wildman–Crippen LogP) is 2.91. The van der Waals surface area contributed by atoms with E-state index in [9.17, 15) is 4.79 Å². The number of hydrogen-bond donors (Lipinski definition) is 2. The Hall–Kier alpha value is -2.06. The Bertz CT molecular complexity index is 769. The molecule has 2 aromatic rings. The number of rotatable bonds is 5. The van der Waals surface area contributed by atoms with Crippen molar-refractivity contribution in [1.82, 2.24) is 0 Å². The van der Waals surface area contributed by atoms with E-state index in [1.165, 1.54) is 0 Å². The first-order chi connectivity index (χ1) is 11.4. The van der Waals surface area contributed by atoms with Crippen LogP contribution in [0.2, 0.25) is 10.0 Å². The summed E-state index contributed by atoms with van der Waals surface area (Å²) in [7, 11) is 1.94. The summed E-state index contributed by atoms with van der Waals surface area (Å²) in [5.74, 6) is -0.0951. The Labute approximate surface area is 151 Å². The highest BCUT2D eigenvalue weighted by Gasteiger charge is 2.22. The lowest BCUT2D eigenvalue weighted by atomic mass is 10.1. The molecule has 0 aromatic heterocycles. The Balaban J connectivity index is 1.99. The van der Waals surface area contributed by atoms with Crippen LogP contribution in [0.4, 0.5) is 5.69 Å². The van der Waals surface area contributed by atoms with Gasteiger partial charge >= 0.3 is 0 Å². The predicted molar refractivity (Wildman–Crippen MR) is 96.3 cm³/mol. The first kappa shape index (κ1) is 18.3. The molecule has 0 radical (unpaired) electrons. The van der Waals surface area contributed by atoms with Gasteiger partial charge in [0.1, 0.15) is 6.54 Å². The van der Waals surface area contributed by atoms with Crippen molar-refractivity contribution in [2.24, 2.45) is 0 Å². The maximum Gasteiger partial charge on any atom is 0.282 e. The van der Waals surface area contributed by atoms with Crippen LogP contribution in [-0.4, -0.2) is 19.0 Å². The van der Waals surface area contributed by atoms with E-state index in [1.807, 2.05) is 26.1 Å². The number of amides is 1. The number of anilines is 1. The number of nitrogens with one attached hydrogen (secondary N) is 2. The molecule has 0 aliphatic carbocycles. The molecule has 1 unspecified atom stereocenters. The first-order valence-corrected chi connectivity index (χ1v) is 8.23. The highest BCUT2D eigenvalue weighted by atomic mass is 35.5. The third kappa shape index (κ3) is 4.72. The SMILES string of the molecule is C[C@H](C(=O)Nc1ccc(C#N)cc1)[NH+](C)Cc1ccc(Cl)cc1Cl. The molecule has 0 fully saturated rings. The average Bonchev–Trinajstić information content (AvgIpc) is 2.57. The lowest BCUT2D eigenvalue weighted by Gasteiger charge is -2.21. The van der Waals surface area contributed by atoms with Gasteiger partial charge in [0, 0.05) is 16.3 Å². The summed E-state index contributed by atoms with van der Waals surface area (Å²) in [5.41, 5.74) is 2.17. The fourth-order valence-electron chi connectivity index (χ4n) is 2.22. The average molecular weight is 363 g/mol. The van der Waals surface area contributed by atoms with E-state index >= 15 is 0 Å². The fraction of sp³-hybridized carbons (Fsp3) is 0.222. The van der Waals surface area contributed by atoms with Crippen molar-refractivity contribution in [3.63, 3.8) is 0 Å². The van der Waals surface area contributed by atoms with Crippen molar-refractivity contribution in [3.05, 3.63) is 63.6 Å². The minimum atomic E-state index is -0.271. The lowest BCUT2D eigenvalue weighted by Crippen LogP contribution is -3.12. The van der Waals surface area contributed by atoms with Crippen LogP contribution in [0.5, 0.6) is 0 Å². The number of nitrogens with zero attached hydrogens (tertiary/aromatic N) is 1. The minimum Gasteiger partial charge on any atom is -0.324 e. The molecular weight excluding hydrogens is 345 g/mol. The van der Waals surface area contributed by atoms with Gasteiger partial charge in [-0.1, -0.05) is 29.3 Å². The highest BCUT2D eigenvalue weighted by Crippen LogP contribution is 2.20. The zero-order chi connectivity index (χ0) is 17.7. The maximum absolute atomic E-state index is 12.4. The van der Waals surface area contributed by atoms with Gasteiger partial charge in [0.25, 0.3) is 5.91 Å². The van der Waals surface area contributed by atoms with Crippen LogP contribution in [0.25, 0.3) is 0 Å². The molecule has 4 nitrogen and oxygen atoms in total. The summed E-state index contributed by atoms with van der Waals surface area (Å²) in [5, 5.41) is 12.8. The summed E-state index contributed by atoms with van der Waals surface area (Å²) >= 11 is 12.1.